The molecule has 2 rings (SSSR count). The maximum atomic E-state index is 13.4. The number of benzene rings is 1. The highest BCUT2D eigenvalue weighted by molar-refractivity contribution is 5.94. The van der Waals surface area contributed by atoms with Gasteiger partial charge >= 0.3 is 0 Å². The van der Waals surface area contributed by atoms with Crippen molar-refractivity contribution < 1.29 is 22.5 Å². The van der Waals surface area contributed by atoms with Gasteiger partial charge in [0.1, 0.15) is 5.82 Å². The molecular weight excluding hydrogens is 287 g/mol. The van der Waals surface area contributed by atoms with Crippen molar-refractivity contribution in [2.24, 2.45) is 0 Å². The maximum absolute atomic E-state index is 13.4. The zero-order chi connectivity index (χ0) is 15.4. The molecular formula is C13H12F3N3O2. The number of nitrogens with one attached hydrogen (secondary N) is 1. The molecule has 0 radical (unpaired) electrons. The molecule has 0 fully saturated rings. The first-order valence-electron chi connectivity index (χ1n) is 6.12. The van der Waals surface area contributed by atoms with Crippen LogP contribution in [0.5, 0.6) is 0 Å². The summed E-state index contributed by atoms with van der Waals surface area (Å²) in [5.41, 5.74) is -0.758. The van der Waals surface area contributed by atoms with Crippen LogP contribution in [0, 0.1) is 12.7 Å². The number of hydrogen-bond acceptors (Lipinski definition) is 4. The van der Waals surface area contributed by atoms with Gasteiger partial charge in [0, 0.05) is 18.5 Å². The molecule has 0 aliphatic carbocycles. The fourth-order valence-electron chi connectivity index (χ4n) is 1.67. The Morgan fingerprint density at radius 3 is 2.76 bits per heavy atom. The van der Waals surface area contributed by atoms with Crippen LogP contribution in [0.25, 0.3) is 0 Å². The number of amides is 1. The molecule has 1 N–H and O–H groups in total. The van der Waals surface area contributed by atoms with Gasteiger partial charge in [-0.2, -0.15) is 4.98 Å². The molecule has 1 heterocycles. The zero-order valence-corrected chi connectivity index (χ0v) is 11.1. The quantitative estimate of drug-likeness (QED) is 0.920. The van der Waals surface area contributed by atoms with Crippen molar-refractivity contribution in [3.8, 4) is 0 Å². The second kappa shape index (κ2) is 6.38. The minimum absolute atomic E-state index is 0.0291. The van der Waals surface area contributed by atoms with E-state index in [0.717, 1.165) is 18.2 Å². The van der Waals surface area contributed by atoms with Crippen molar-refractivity contribution in [2.45, 2.75) is 19.8 Å². The Bertz CT molecular complexity index is 643. The molecule has 5 nitrogen and oxygen atoms in total. The number of nitrogens with zero attached hydrogens (tertiary/aromatic N) is 2. The summed E-state index contributed by atoms with van der Waals surface area (Å²) < 4.78 is 43.0. The number of hydrogen-bond donors (Lipinski definition) is 1. The Morgan fingerprint density at radius 1 is 1.43 bits per heavy atom. The van der Waals surface area contributed by atoms with Crippen molar-refractivity contribution in [1.29, 1.82) is 0 Å². The third kappa shape index (κ3) is 3.80. The molecule has 0 bridgehead atoms. The fourth-order valence-corrected chi connectivity index (χ4v) is 1.67. The molecule has 0 aliphatic rings. The summed E-state index contributed by atoms with van der Waals surface area (Å²) in [5, 5.41) is 6.10. The lowest BCUT2D eigenvalue weighted by Gasteiger charge is -2.06. The number of carbonyl (C=O) groups is 1. The van der Waals surface area contributed by atoms with E-state index in [-0.39, 0.29) is 12.1 Å². The number of carbonyl (C=O) groups excluding carboxylic acids is 1. The van der Waals surface area contributed by atoms with E-state index in [9.17, 15) is 18.0 Å². The van der Waals surface area contributed by atoms with E-state index in [2.05, 4.69) is 15.5 Å². The highest BCUT2D eigenvalue weighted by atomic mass is 19.3. The molecule has 0 atom stereocenters. The van der Waals surface area contributed by atoms with Crippen LogP contribution in [-0.4, -0.2) is 22.6 Å². The SMILES string of the molecule is Cc1noc(CCNC(=O)c2ccc(C(F)F)c(F)c2)n1. The monoisotopic (exact) mass is 299 g/mol. The maximum Gasteiger partial charge on any atom is 0.266 e. The summed E-state index contributed by atoms with van der Waals surface area (Å²) in [6, 6.07) is 2.83. The standard InChI is InChI=1S/C13H12F3N3O2/c1-7-18-11(21-19-7)4-5-17-13(20)8-2-3-9(12(15)16)10(14)6-8/h2-3,6,12H,4-5H2,1H3,(H,17,20). The number of halogens is 3. The van der Waals surface area contributed by atoms with Crippen LogP contribution in [0.4, 0.5) is 13.2 Å². The predicted octanol–water partition coefficient (Wildman–Crippen LogP) is 2.43. The number of rotatable bonds is 5. The second-order valence-electron chi connectivity index (χ2n) is 4.28. The van der Waals surface area contributed by atoms with E-state index in [1.165, 1.54) is 0 Å². The Labute approximate surface area is 118 Å². The van der Waals surface area contributed by atoms with Gasteiger partial charge in [-0.15, -0.1) is 0 Å². The van der Waals surface area contributed by atoms with Gasteiger partial charge in [-0.1, -0.05) is 5.16 Å². The molecule has 0 spiro atoms. The minimum Gasteiger partial charge on any atom is -0.352 e. The predicted molar refractivity (Wildman–Crippen MR) is 66.4 cm³/mol. The molecule has 1 amide bonds. The van der Waals surface area contributed by atoms with E-state index in [0.29, 0.717) is 18.1 Å². The van der Waals surface area contributed by atoms with Crippen LogP contribution in [0.3, 0.4) is 0 Å². The van der Waals surface area contributed by atoms with Gasteiger partial charge in [-0.3, -0.25) is 4.79 Å². The molecule has 21 heavy (non-hydrogen) atoms. The molecule has 1 aromatic heterocycles. The molecule has 0 saturated heterocycles. The molecule has 2 aromatic rings. The van der Waals surface area contributed by atoms with Crippen molar-refractivity contribution in [1.82, 2.24) is 15.5 Å². The Morgan fingerprint density at radius 2 is 2.19 bits per heavy atom. The van der Waals surface area contributed by atoms with Crippen molar-refractivity contribution in [2.75, 3.05) is 6.54 Å². The third-order valence-electron chi connectivity index (χ3n) is 2.69. The fraction of sp³-hybridized carbons (Fsp3) is 0.308. The van der Waals surface area contributed by atoms with Crippen LogP contribution >= 0.6 is 0 Å². The van der Waals surface area contributed by atoms with Gasteiger partial charge in [0.2, 0.25) is 5.89 Å². The Kier molecular flexibility index (Phi) is 4.56. The third-order valence-corrected chi connectivity index (χ3v) is 2.69. The topological polar surface area (TPSA) is 68.0 Å². The van der Waals surface area contributed by atoms with Crippen molar-refractivity contribution in [3.05, 3.63) is 46.9 Å². The first kappa shape index (κ1) is 15.0. The number of alkyl halides is 2. The van der Waals surface area contributed by atoms with E-state index in [4.69, 9.17) is 4.52 Å². The van der Waals surface area contributed by atoms with Crippen molar-refractivity contribution in [3.63, 3.8) is 0 Å². The van der Waals surface area contributed by atoms with Crippen LogP contribution < -0.4 is 5.32 Å². The number of aryl methyl sites for hydroxylation is 1. The summed E-state index contributed by atoms with van der Waals surface area (Å²) in [5.74, 6) is -0.816. The summed E-state index contributed by atoms with van der Waals surface area (Å²) >= 11 is 0. The summed E-state index contributed by atoms with van der Waals surface area (Å²) in [4.78, 5) is 15.7. The minimum atomic E-state index is -2.91. The smallest absolute Gasteiger partial charge is 0.266 e. The largest absolute Gasteiger partial charge is 0.352 e. The average Bonchev–Trinajstić information content (AvgIpc) is 2.83. The number of aromatic nitrogens is 2. The average molecular weight is 299 g/mol. The molecule has 1 aromatic carbocycles. The van der Waals surface area contributed by atoms with Crippen LogP contribution in [0.1, 0.15) is 34.1 Å². The molecule has 8 heteroatoms. The highest BCUT2D eigenvalue weighted by Gasteiger charge is 2.15. The van der Waals surface area contributed by atoms with Crippen LogP contribution in [0.2, 0.25) is 0 Å². The molecule has 0 aliphatic heterocycles. The zero-order valence-electron chi connectivity index (χ0n) is 11.1. The Hall–Kier alpha value is -2.38. The summed E-state index contributed by atoms with van der Waals surface area (Å²) in [6.45, 7) is 1.87. The first-order valence-corrected chi connectivity index (χ1v) is 6.12. The van der Waals surface area contributed by atoms with E-state index in [1.807, 2.05) is 0 Å². The normalized spacial score (nSPS) is 10.9. The molecule has 0 unspecified atom stereocenters. The summed E-state index contributed by atoms with van der Waals surface area (Å²) in [7, 11) is 0. The lowest BCUT2D eigenvalue weighted by Crippen LogP contribution is -2.26. The van der Waals surface area contributed by atoms with Crippen LogP contribution in [-0.2, 0) is 6.42 Å². The van der Waals surface area contributed by atoms with Gasteiger partial charge in [0.25, 0.3) is 12.3 Å². The van der Waals surface area contributed by atoms with Gasteiger partial charge < -0.3 is 9.84 Å². The lowest BCUT2D eigenvalue weighted by molar-refractivity contribution is 0.0952. The highest BCUT2D eigenvalue weighted by Crippen LogP contribution is 2.22. The van der Waals surface area contributed by atoms with E-state index in [1.54, 1.807) is 6.92 Å². The van der Waals surface area contributed by atoms with Gasteiger partial charge in [-0.05, 0) is 25.1 Å². The molecule has 112 valence electrons. The van der Waals surface area contributed by atoms with Gasteiger partial charge in [-0.25, -0.2) is 13.2 Å². The van der Waals surface area contributed by atoms with Crippen LogP contribution in [0.15, 0.2) is 22.7 Å². The van der Waals surface area contributed by atoms with E-state index >= 15 is 0 Å². The summed E-state index contributed by atoms with van der Waals surface area (Å²) in [6.07, 6.45) is -2.59. The van der Waals surface area contributed by atoms with Gasteiger partial charge in [0.15, 0.2) is 5.82 Å². The van der Waals surface area contributed by atoms with Gasteiger partial charge in [0.05, 0.1) is 5.56 Å². The molecule has 0 saturated carbocycles. The Balaban J connectivity index is 1.92. The van der Waals surface area contributed by atoms with E-state index < -0.39 is 23.7 Å². The second-order valence-corrected chi connectivity index (χ2v) is 4.28. The lowest BCUT2D eigenvalue weighted by atomic mass is 10.1. The van der Waals surface area contributed by atoms with Crippen molar-refractivity contribution >= 4 is 5.91 Å². The first-order chi connectivity index (χ1) is 9.97.